The molecule has 1 atom stereocenters. The molecular formula is C14H22BrClN2O2. The average molecular weight is 366 g/mol. The Morgan fingerprint density at radius 3 is 2.40 bits per heavy atom. The number of nitrogens with two attached hydrogens (primary N) is 1. The zero-order valence-electron chi connectivity index (χ0n) is 12.0. The molecule has 0 radical (unpaired) electrons. The van der Waals surface area contributed by atoms with Gasteiger partial charge in [0.25, 0.3) is 5.91 Å². The van der Waals surface area contributed by atoms with Crippen LogP contribution in [0.25, 0.3) is 0 Å². The van der Waals surface area contributed by atoms with Gasteiger partial charge < -0.3 is 15.8 Å². The third kappa shape index (κ3) is 5.69. The largest absolute Gasteiger partial charge is 0.484 e. The second-order valence-corrected chi connectivity index (χ2v) is 5.98. The first-order valence-corrected chi connectivity index (χ1v) is 7.06. The molecule has 0 aliphatic carbocycles. The molecule has 114 valence electrons. The molecule has 0 aromatic heterocycles. The van der Waals surface area contributed by atoms with Gasteiger partial charge >= 0.3 is 0 Å². The van der Waals surface area contributed by atoms with Gasteiger partial charge in [-0.2, -0.15) is 0 Å². The van der Waals surface area contributed by atoms with Crippen molar-refractivity contribution in [3.8, 4) is 5.75 Å². The lowest BCUT2D eigenvalue weighted by atomic mass is 9.88. The van der Waals surface area contributed by atoms with Crippen LogP contribution >= 0.6 is 28.3 Å². The first kappa shape index (κ1) is 19.2. The van der Waals surface area contributed by atoms with Crippen LogP contribution in [0, 0.1) is 5.92 Å². The summed E-state index contributed by atoms with van der Waals surface area (Å²) in [5.74, 6) is 0.760. The summed E-state index contributed by atoms with van der Waals surface area (Å²) in [5.41, 5.74) is 5.32. The van der Waals surface area contributed by atoms with E-state index < -0.39 is 5.54 Å². The lowest BCUT2D eigenvalue weighted by Gasteiger charge is -2.33. The molecule has 0 heterocycles. The monoisotopic (exact) mass is 364 g/mol. The van der Waals surface area contributed by atoms with Gasteiger partial charge in [0.15, 0.2) is 6.61 Å². The number of carbonyl (C=O) groups excluding carboxylic acids is 1. The van der Waals surface area contributed by atoms with Crippen molar-refractivity contribution in [2.24, 2.45) is 11.7 Å². The molecule has 1 rings (SSSR count). The maximum absolute atomic E-state index is 11.9. The van der Waals surface area contributed by atoms with Gasteiger partial charge in [-0.3, -0.25) is 4.79 Å². The maximum atomic E-state index is 11.9. The van der Waals surface area contributed by atoms with Crippen molar-refractivity contribution < 1.29 is 9.53 Å². The highest BCUT2D eigenvalue weighted by Gasteiger charge is 2.28. The highest BCUT2D eigenvalue weighted by Crippen LogP contribution is 2.17. The Bertz CT molecular complexity index is 426. The summed E-state index contributed by atoms with van der Waals surface area (Å²) < 4.78 is 6.39. The zero-order chi connectivity index (χ0) is 14.5. The fourth-order valence-electron chi connectivity index (χ4n) is 1.47. The molecule has 1 unspecified atom stereocenters. The van der Waals surface area contributed by atoms with Gasteiger partial charge in [-0.25, -0.2) is 0 Å². The summed E-state index contributed by atoms with van der Waals surface area (Å²) in [6.45, 7) is 6.39. The summed E-state index contributed by atoms with van der Waals surface area (Å²) in [6, 6.07) is 7.35. The summed E-state index contributed by atoms with van der Waals surface area (Å²) in [7, 11) is 0. The van der Waals surface area contributed by atoms with Gasteiger partial charge in [-0.1, -0.05) is 29.8 Å². The third-order valence-electron chi connectivity index (χ3n) is 3.31. The number of ether oxygens (including phenoxy) is 1. The quantitative estimate of drug-likeness (QED) is 0.814. The Labute approximate surface area is 135 Å². The minimum absolute atomic E-state index is 0. The summed E-state index contributed by atoms with van der Waals surface area (Å²) in [5, 5.41) is 2.93. The number of nitrogens with one attached hydrogen (secondary N) is 1. The van der Waals surface area contributed by atoms with Crippen molar-refractivity contribution in [2.75, 3.05) is 13.2 Å². The Morgan fingerprint density at radius 1 is 1.40 bits per heavy atom. The van der Waals surface area contributed by atoms with Gasteiger partial charge in [0.1, 0.15) is 5.75 Å². The third-order valence-corrected chi connectivity index (χ3v) is 3.84. The minimum atomic E-state index is -0.403. The number of rotatable bonds is 6. The molecule has 0 spiro atoms. The van der Waals surface area contributed by atoms with Crippen molar-refractivity contribution >= 4 is 34.2 Å². The van der Waals surface area contributed by atoms with Crippen molar-refractivity contribution in [3.05, 3.63) is 28.7 Å². The molecule has 6 heteroatoms. The number of hydrogen-bond acceptors (Lipinski definition) is 3. The first-order valence-electron chi connectivity index (χ1n) is 6.27. The van der Waals surface area contributed by atoms with Crippen molar-refractivity contribution in [1.29, 1.82) is 0 Å². The Balaban J connectivity index is 0.00000361. The highest BCUT2D eigenvalue weighted by molar-refractivity contribution is 9.10. The summed E-state index contributed by atoms with van der Waals surface area (Å²) >= 11 is 3.34. The topological polar surface area (TPSA) is 64.3 Å². The molecule has 1 aromatic rings. The Morgan fingerprint density at radius 2 is 1.95 bits per heavy atom. The molecule has 0 bridgehead atoms. The molecule has 0 fully saturated rings. The van der Waals surface area contributed by atoms with Crippen LogP contribution in [0.3, 0.4) is 0 Å². The second kappa shape index (κ2) is 8.49. The zero-order valence-corrected chi connectivity index (χ0v) is 14.4. The fraction of sp³-hybridized carbons (Fsp3) is 0.500. The van der Waals surface area contributed by atoms with Crippen LogP contribution in [-0.4, -0.2) is 24.6 Å². The van der Waals surface area contributed by atoms with Crippen molar-refractivity contribution in [3.63, 3.8) is 0 Å². The van der Waals surface area contributed by atoms with Gasteiger partial charge in [0, 0.05) is 11.0 Å². The van der Waals surface area contributed by atoms with Crippen molar-refractivity contribution in [1.82, 2.24) is 5.32 Å². The molecule has 0 aliphatic heterocycles. The molecular weight excluding hydrogens is 344 g/mol. The second-order valence-electron chi connectivity index (χ2n) is 5.07. The van der Waals surface area contributed by atoms with E-state index in [1.54, 1.807) is 0 Å². The number of benzene rings is 1. The van der Waals surface area contributed by atoms with E-state index in [-0.39, 0.29) is 30.8 Å². The van der Waals surface area contributed by atoms with Crippen LogP contribution in [0.15, 0.2) is 28.7 Å². The van der Waals surface area contributed by atoms with Gasteiger partial charge in [0.2, 0.25) is 0 Å². The molecule has 3 N–H and O–H groups in total. The van der Waals surface area contributed by atoms with Crippen molar-refractivity contribution in [2.45, 2.75) is 26.3 Å². The molecule has 1 amide bonds. The van der Waals surface area contributed by atoms with Gasteiger partial charge in [0.05, 0.1) is 5.54 Å². The first-order chi connectivity index (χ1) is 8.87. The SMILES string of the molecule is CC(C)C(C)(CN)NC(=O)COc1ccc(Br)cc1.Cl. The number of hydrogen-bond donors (Lipinski definition) is 2. The van der Waals surface area contributed by atoms with E-state index in [2.05, 4.69) is 21.2 Å². The summed E-state index contributed by atoms with van der Waals surface area (Å²) in [4.78, 5) is 11.9. The maximum Gasteiger partial charge on any atom is 0.258 e. The Hall–Kier alpha value is -0.780. The Kier molecular flexibility index (Phi) is 8.16. The molecule has 0 saturated carbocycles. The molecule has 4 nitrogen and oxygen atoms in total. The van der Waals surface area contributed by atoms with Crippen LogP contribution in [-0.2, 0) is 4.79 Å². The molecule has 0 aliphatic rings. The van der Waals surface area contributed by atoms with Crippen LogP contribution in [0.2, 0.25) is 0 Å². The number of carbonyl (C=O) groups is 1. The normalized spacial score (nSPS) is 13.3. The number of amides is 1. The van der Waals surface area contributed by atoms with E-state index >= 15 is 0 Å². The predicted molar refractivity (Wildman–Crippen MR) is 87.3 cm³/mol. The van der Waals surface area contributed by atoms with E-state index in [1.165, 1.54) is 0 Å². The van der Waals surface area contributed by atoms with Gasteiger partial charge in [-0.15, -0.1) is 12.4 Å². The van der Waals surface area contributed by atoms with Crippen LogP contribution < -0.4 is 15.8 Å². The van der Waals surface area contributed by atoms with E-state index in [0.29, 0.717) is 12.3 Å². The molecule has 1 aromatic carbocycles. The number of halogens is 2. The summed E-state index contributed by atoms with van der Waals surface area (Å²) in [6.07, 6.45) is 0. The predicted octanol–water partition coefficient (Wildman–Crippen LogP) is 2.74. The van der Waals surface area contributed by atoms with E-state index in [9.17, 15) is 4.79 Å². The average Bonchev–Trinajstić information content (AvgIpc) is 2.37. The van der Waals surface area contributed by atoms with E-state index in [1.807, 2.05) is 45.0 Å². The molecule has 0 saturated heterocycles. The van der Waals surface area contributed by atoms with E-state index in [4.69, 9.17) is 10.5 Å². The lowest BCUT2D eigenvalue weighted by Crippen LogP contribution is -2.56. The standard InChI is InChI=1S/C14H21BrN2O2.ClH/c1-10(2)14(3,9-16)17-13(18)8-19-12-6-4-11(15)5-7-12;/h4-7,10H,8-9,16H2,1-3H3,(H,17,18);1H. The smallest absolute Gasteiger partial charge is 0.258 e. The fourth-order valence-corrected chi connectivity index (χ4v) is 1.73. The van der Waals surface area contributed by atoms with E-state index in [0.717, 1.165) is 4.47 Å². The molecule has 20 heavy (non-hydrogen) atoms. The lowest BCUT2D eigenvalue weighted by molar-refractivity contribution is -0.125. The van der Waals surface area contributed by atoms with Crippen LogP contribution in [0.4, 0.5) is 0 Å². The van der Waals surface area contributed by atoms with Gasteiger partial charge in [-0.05, 0) is 37.1 Å². The highest BCUT2D eigenvalue weighted by atomic mass is 79.9. The van der Waals surface area contributed by atoms with Crippen LogP contribution in [0.1, 0.15) is 20.8 Å². The van der Waals surface area contributed by atoms with Crippen LogP contribution in [0.5, 0.6) is 5.75 Å². The minimum Gasteiger partial charge on any atom is -0.484 e.